The lowest BCUT2D eigenvalue weighted by atomic mass is 9.83. The zero-order chi connectivity index (χ0) is 24.2. The Labute approximate surface area is 206 Å². The third-order valence-corrected chi connectivity index (χ3v) is 7.14. The van der Waals surface area contributed by atoms with Crippen LogP contribution in [0.4, 0.5) is 0 Å². The third kappa shape index (κ3) is 5.48. The number of rotatable bonds is 7. The summed E-state index contributed by atoms with van der Waals surface area (Å²) in [7, 11) is 0. The van der Waals surface area contributed by atoms with Gasteiger partial charge in [-0.2, -0.15) is 0 Å². The van der Waals surface area contributed by atoms with Gasteiger partial charge < -0.3 is 25.4 Å². The van der Waals surface area contributed by atoms with Gasteiger partial charge in [0, 0.05) is 37.7 Å². The number of aliphatic hydroxyl groups excluding tert-OH is 2. The first-order chi connectivity index (χ1) is 17.1. The van der Waals surface area contributed by atoms with Crippen molar-refractivity contribution in [3.8, 4) is 0 Å². The molecule has 2 aliphatic heterocycles. The second kappa shape index (κ2) is 11.0. The van der Waals surface area contributed by atoms with Crippen molar-refractivity contribution in [2.24, 2.45) is 5.73 Å². The summed E-state index contributed by atoms with van der Waals surface area (Å²) in [6.45, 7) is 2.72. The highest BCUT2D eigenvalue weighted by molar-refractivity contribution is 5.32. The SMILES string of the molecule is NCc1ccc(C2OC(CN3CCC(O)C3)C(c3ccccc3)C(c3ccc(CO)cc3)O2)cc1. The van der Waals surface area contributed by atoms with Crippen molar-refractivity contribution >= 4 is 0 Å². The number of aliphatic hydroxyl groups is 2. The predicted molar refractivity (Wildman–Crippen MR) is 134 cm³/mol. The fourth-order valence-electron chi connectivity index (χ4n) is 5.21. The highest BCUT2D eigenvalue weighted by atomic mass is 16.7. The number of hydrogen-bond donors (Lipinski definition) is 3. The summed E-state index contributed by atoms with van der Waals surface area (Å²) in [5, 5.41) is 19.7. The number of β-amino-alcohol motifs (C(OH)–C–C–N with tert-alkyl or cyclic N) is 1. The molecule has 35 heavy (non-hydrogen) atoms. The highest BCUT2D eigenvalue weighted by Crippen LogP contribution is 2.47. The van der Waals surface area contributed by atoms with E-state index < -0.39 is 6.29 Å². The van der Waals surface area contributed by atoms with Crippen LogP contribution in [0.5, 0.6) is 0 Å². The van der Waals surface area contributed by atoms with Crippen molar-refractivity contribution in [2.75, 3.05) is 19.6 Å². The van der Waals surface area contributed by atoms with E-state index in [-0.39, 0.29) is 30.8 Å². The van der Waals surface area contributed by atoms with Crippen LogP contribution in [0.25, 0.3) is 0 Å². The van der Waals surface area contributed by atoms with Gasteiger partial charge >= 0.3 is 0 Å². The average Bonchev–Trinajstić information content (AvgIpc) is 3.33. The first kappa shape index (κ1) is 24.1. The van der Waals surface area contributed by atoms with Gasteiger partial charge in [-0.1, -0.05) is 78.9 Å². The zero-order valence-electron chi connectivity index (χ0n) is 19.9. The molecule has 2 aliphatic rings. The molecule has 6 nitrogen and oxygen atoms in total. The Bertz CT molecular complexity index is 1070. The van der Waals surface area contributed by atoms with E-state index in [1.54, 1.807) is 0 Å². The molecule has 184 valence electrons. The van der Waals surface area contributed by atoms with Gasteiger partial charge in [-0.05, 0) is 28.7 Å². The number of nitrogens with two attached hydrogens (primary N) is 1. The Kier molecular flexibility index (Phi) is 7.58. The van der Waals surface area contributed by atoms with E-state index in [0.29, 0.717) is 19.6 Å². The van der Waals surface area contributed by atoms with Gasteiger partial charge in [-0.3, -0.25) is 4.90 Å². The Balaban J connectivity index is 1.53. The van der Waals surface area contributed by atoms with E-state index in [1.165, 1.54) is 0 Å². The quantitative estimate of drug-likeness (QED) is 0.485. The summed E-state index contributed by atoms with van der Waals surface area (Å²) in [5.41, 5.74) is 10.9. The van der Waals surface area contributed by atoms with E-state index >= 15 is 0 Å². The summed E-state index contributed by atoms with van der Waals surface area (Å²) >= 11 is 0. The van der Waals surface area contributed by atoms with E-state index in [0.717, 1.165) is 40.8 Å². The molecule has 3 aromatic carbocycles. The van der Waals surface area contributed by atoms with Crippen LogP contribution in [0.2, 0.25) is 0 Å². The Morgan fingerprint density at radius 3 is 2.14 bits per heavy atom. The summed E-state index contributed by atoms with van der Waals surface area (Å²) < 4.78 is 13.4. The van der Waals surface area contributed by atoms with Crippen molar-refractivity contribution in [1.82, 2.24) is 4.90 Å². The normalized spacial score (nSPS) is 27.2. The summed E-state index contributed by atoms with van der Waals surface area (Å²) in [5.74, 6) is -0.0338. The second-order valence-corrected chi connectivity index (χ2v) is 9.55. The van der Waals surface area contributed by atoms with Crippen molar-refractivity contribution < 1.29 is 19.7 Å². The van der Waals surface area contributed by atoms with Gasteiger partial charge in [-0.25, -0.2) is 0 Å². The maximum absolute atomic E-state index is 10.1. The molecule has 2 saturated heterocycles. The molecule has 6 heteroatoms. The summed E-state index contributed by atoms with van der Waals surface area (Å²) in [6.07, 6.45) is -0.406. The number of benzene rings is 3. The van der Waals surface area contributed by atoms with Crippen molar-refractivity contribution in [2.45, 2.75) is 50.1 Å². The van der Waals surface area contributed by atoms with E-state index in [9.17, 15) is 10.2 Å². The maximum Gasteiger partial charge on any atom is 0.184 e. The van der Waals surface area contributed by atoms with Crippen LogP contribution in [-0.4, -0.2) is 47.0 Å². The second-order valence-electron chi connectivity index (χ2n) is 9.55. The Hall–Kier alpha value is -2.58. The van der Waals surface area contributed by atoms with Gasteiger partial charge in [-0.15, -0.1) is 0 Å². The van der Waals surface area contributed by atoms with Crippen LogP contribution in [0.1, 0.15) is 52.5 Å². The van der Waals surface area contributed by atoms with E-state index in [4.69, 9.17) is 15.2 Å². The van der Waals surface area contributed by atoms with Crippen LogP contribution >= 0.6 is 0 Å². The first-order valence-electron chi connectivity index (χ1n) is 12.4. The van der Waals surface area contributed by atoms with E-state index in [2.05, 4.69) is 29.2 Å². The number of hydrogen-bond acceptors (Lipinski definition) is 6. The molecule has 5 unspecified atom stereocenters. The average molecular weight is 475 g/mol. The van der Waals surface area contributed by atoms with Gasteiger partial charge in [0.15, 0.2) is 6.29 Å². The lowest BCUT2D eigenvalue weighted by Gasteiger charge is -2.44. The van der Waals surface area contributed by atoms with Gasteiger partial charge in [0.1, 0.15) is 0 Å². The molecular weight excluding hydrogens is 440 g/mol. The summed E-state index contributed by atoms with van der Waals surface area (Å²) in [6, 6.07) is 26.5. The molecular formula is C29H34N2O4. The fraction of sp³-hybridized carbons (Fsp3) is 0.379. The number of nitrogens with zero attached hydrogens (tertiary/aromatic N) is 1. The zero-order valence-corrected chi connectivity index (χ0v) is 19.9. The minimum absolute atomic E-state index is 0.00700. The maximum atomic E-state index is 10.1. The minimum atomic E-state index is -0.526. The molecule has 2 heterocycles. The molecule has 2 fully saturated rings. The molecule has 0 saturated carbocycles. The molecule has 0 aromatic heterocycles. The molecule has 0 aliphatic carbocycles. The lowest BCUT2D eigenvalue weighted by Crippen LogP contribution is -2.44. The van der Waals surface area contributed by atoms with Gasteiger partial charge in [0.2, 0.25) is 0 Å². The standard InChI is InChI=1S/C29H34N2O4/c30-16-20-6-12-24(13-7-20)29-34-26(18-31-15-14-25(33)17-31)27(22-4-2-1-3-5-22)28(35-29)23-10-8-21(19-32)9-11-23/h1-13,25-29,32-33H,14-19,30H2. The largest absolute Gasteiger partial charge is 0.392 e. The molecule has 3 aromatic rings. The Morgan fingerprint density at radius 2 is 1.51 bits per heavy atom. The van der Waals surface area contributed by atoms with Crippen LogP contribution in [0.3, 0.4) is 0 Å². The van der Waals surface area contributed by atoms with Gasteiger partial charge in [0.05, 0.1) is 24.9 Å². The first-order valence-corrected chi connectivity index (χ1v) is 12.4. The van der Waals surface area contributed by atoms with E-state index in [1.807, 2.05) is 54.6 Å². The molecule has 0 radical (unpaired) electrons. The lowest BCUT2D eigenvalue weighted by molar-refractivity contribution is -0.263. The topological polar surface area (TPSA) is 88.2 Å². The number of ether oxygens (including phenoxy) is 2. The van der Waals surface area contributed by atoms with Crippen molar-refractivity contribution in [3.05, 3.63) is 107 Å². The molecule has 5 rings (SSSR count). The Morgan fingerprint density at radius 1 is 0.829 bits per heavy atom. The highest BCUT2D eigenvalue weighted by Gasteiger charge is 2.43. The molecule has 5 atom stereocenters. The van der Waals surface area contributed by atoms with Crippen LogP contribution in [0, 0.1) is 0 Å². The van der Waals surface area contributed by atoms with Crippen LogP contribution in [-0.2, 0) is 22.6 Å². The van der Waals surface area contributed by atoms with Crippen LogP contribution < -0.4 is 5.73 Å². The van der Waals surface area contributed by atoms with Crippen molar-refractivity contribution in [3.63, 3.8) is 0 Å². The molecule has 0 amide bonds. The third-order valence-electron chi connectivity index (χ3n) is 7.14. The molecule has 0 spiro atoms. The van der Waals surface area contributed by atoms with Gasteiger partial charge in [0.25, 0.3) is 0 Å². The smallest absolute Gasteiger partial charge is 0.184 e. The molecule has 4 N–H and O–H groups in total. The predicted octanol–water partition coefficient (Wildman–Crippen LogP) is 3.64. The fourth-order valence-corrected chi connectivity index (χ4v) is 5.21. The summed E-state index contributed by atoms with van der Waals surface area (Å²) in [4.78, 5) is 2.29. The monoisotopic (exact) mass is 474 g/mol. The number of likely N-dealkylation sites (tertiary alicyclic amines) is 1. The minimum Gasteiger partial charge on any atom is -0.392 e. The van der Waals surface area contributed by atoms with Crippen molar-refractivity contribution in [1.29, 1.82) is 0 Å². The molecule has 0 bridgehead atoms. The van der Waals surface area contributed by atoms with Crippen LogP contribution in [0.15, 0.2) is 78.9 Å².